The zero-order valence-electron chi connectivity index (χ0n) is 24.1. The van der Waals surface area contributed by atoms with E-state index in [0.717, 1.165) is 59.9 Å². The molecular weight excluding hydrogens is 452 g/mol. The summed E-state index contributed by atoms with van der Waals surface area (Å²) in [5.74, 6) is 0. The van der Waals surface area contributed by atoms with Crippen molar-refractivity contribution < 1.29 is 0 Å². The average Bonchev–Trinajstić information content (AvgIpc) is 3.64. The van der Waals surface area contributed by atoms with Crippen LogP contribution in [-0.2, 0) is 38.5 Å². The van der Waals surface area contributed by atoms with Crippen molar-refractivity contribution in [3.8, 4) is 0 Å². The van der Waals surface area contributed by atoms with Gasteiger partial charge in [-0.3, -0.25) is 0 Å². The zero-order valence-corrected chi connectivity index (χ0v) is 24.1. The monoisotopic (exact) mass is 496 g/mol. The van der Waals surface area contributed by atoms with E-state index in [1.54, 1.807) is 0 Å². The highest BCUT2D eigenvalue weighted by Gasteiger charge is 2.10. The van der Waals surface area contributed by atoms with E-state index in [9.17, 15) is 0 Å². The van der Waals surface area contributed by atoms with Crippen LogP contribution in [0.3, 0.4) is 0 Å². The third-order valence-electron chi connectivity index (χ3n) is 8.07. The zero-order chi connectivity index (χ0) is 26.7. The van der Waals surface area contributed by atoms with Crippen molar-refractivity contribution in [1.82, 2.24) is 19.9 Å². The number of aromatic amines is 4. The standard InChI is InChI=1S/C33H44N4/c1-9-22-18-34-30(26(22)13-5)15-28-20(7)24(11-3)32(36-28)17-33-25(12-4)21(8)29(37-33)16-31-27(14-6)23(10-2)19-35-31/h15-16,18-19,34-37H,9-14H2,1-8H3. The van der Waals surface area contributed by atoms with Crippen molar-refractivity contribution in [3.05, 3.63) is 89.7 Å². The summed E-state index contributed by atoms with van der Waals surface area (Å²) >= 11 is 0. The van der Waals surface area contributed by atoms with Crippen LogP contribution in [0.2, 0.25) is 0 Å². The molecule has 0 saturated heterocycles. The van der Waals surface area contributed by atoms with Gasteiger partial charge in [-0.2, -0.15) is 0 Å². The summed E-state index contributed by atoms with van der Waals surface area (Å²) < 4.78 is 0. The summed E-state index contributed by atoms with van der Waals surface area (Å²) in [6.45, 7) is 17.8. The smallest absolute Gasteiger partial charge is 0.0874 e. The minimum absolute atomic E-state index is 0.965. The molecule has 0 saturated carbocycles. The number of hydrogen-bond donors (Lipinski definition) is 4. The van der Waals surface area contributed by atoms with E-state index in [4.69, 9.17) is 0 Å². The predicted octanol–water partition coefficient (Wildman–Crippen LogP) is 4.40. The van der Waals surface area contributed by atoms with Crippen LogP contribution in [0, 0.1) is 13.8 Å². The van der Waals surface area contributed by atoms with Crippen molar-refractivity contribution in [3.63, 3.8) is 0 Å². The normalized spacial score (nSPS) is 12.6. The summed E-state index contributed by atoms with van der Waals surface area (Å²) in [5, 5.41) is 4.49. The number of nitrogens with one attached hydrogen (secondary N) is 4. The Morgan fingerprint density at radius 1 is 0.568 bits per heavy atom. The maximum absolute atomic E-state index is 3.76. The summed E-state index contributed by atoms with van der Waals surface area (Å²) in [6.07, 6.45) is 15.0. The first-order valence-electron chi connectivity index (χ1n) is 14.2. The van der Waals surface area contributed by atoms with E-state index in [2.05, 4.69) is 106 Å². The van der Waals surface area contributed by atoms with Crippen LogP contribution in [0.5, 0.6) is 0 Å². The predicted molar refractivity (Wildman–Crippen MR) is 157 cm³/mol. The van der Waals surface area contributed by atoms with Crippen LogP contribution in [0.25, 0.3) is 17.9 Å². The van der Waals surface area contributed by atoms with E-state index in [0.29, 0.717) is 0 Å². The Kier molecular flexibility index (Phi) is 8.19. The van der Waals surface area contributed by atoms with Crippen molar-refractivity contribution in [1.29, 1.82) is 0 Å². The van der Waals surface area contributed by atoms with Gasteiger partial charge >= 0.3 is 0 Å². The minimum atomic E-state index is 0.965. The average molecular weight is 497 g/mol. The van der Waals surface area contributed by atoms with Gasteiger partial charge in [0.1, 0.15) is 0 Å². The first kappa shape index (κ1) is 26.7. The summed E-state index contributed by atoms with van der Waals surface area (Å²) in [4.78, 5) is 14.4. The lowest BCUT2D eigenvalue weighted by Gasteiger charge is -1.99. The Balaban J connectivity index is 1.98. The van der Waals surface area contributed by atoms with Gasteiger partial charge in [-0.1, -0.05) is 47.3 Å². The molecule has 4 N–H and O–H groups in total. The van der Waals surface area contributed by atoms with Crippen LogP contribution in [-0.4, -0.2) is 19.9 Å². The highest BCUT2D eigenvalue weighted by molar-refractivity contribution is 5.55. The molecule has 4 aromatic rings. The molecule has 0 atom stereocenters. The molecule has 196 valence electrons. The Morgan fingerprint density at radius 2 is 0.946 bits per heavy atom. The molecule has 0 amide bonds. The summed E-state index contributed by atoms with van der Waals surface area (Å²) in [7, 11) is 0. The molecule has 0 spiro atoms. The van der Waals surface area contributed by atoms with Crippen LogP contribution >= 0.6 is 0 Å². The molecular formula is C33H44N4. The fourth-order valence-corrected chi connectivity index (χ4v) is 5.86. The van der Waals surface area contributed by atoms with E-state index >= 15 is 0 Å². The van der Waals surface area contributed by atoms with Gasteiger partial charge in [-0.15, -0.1) is 0 Å². The highest BCUT2D eigenvalue weighted by Crippen LogP contribution is 2.17. The molecule has 4 heterocycles. The Bertz CT molecular complexity index is 1520. The number of hydrogen-bond acceptors (Lipinski definition) is 0. The number of rotatable bonds is 8. The Hall–Kier alpha value is -3.36. The van der Waals surface area contributed by atoms with Gasteiger partial charge in [-0.05, 0) is 109 Å². The van der Waals surface area contributed by atoms with E-state index in [1.165, 1.54) is 55.9 Å². The minimum Gasteiger partial charge on any atom is -0.361 e. The molecule has 0 fully saturated rings. The van der Waals surface area contributed by atoms with Gasteiger partial charge in [0.05, 0.1) is 10.7 Å². The second kappa shape index (κ2) is 11.4. The van der Waals surface area contributed by atoms with Crippen molar-refractivity contribution >= 4 is 17.9 Å². The molecule has 0 aliphatic carbocycles. The van der Waals surface area contributed by atoms with Crippen LogP contribution in [0.15, 0.2) is 12.4 Å². The van der Waals surface area contributed by atoms with E-state index < -0.39 is 0 Å². The maximum atomic E-state index is 3.76. The van der Waals surface area contributed by atoms with E-state index in [-0.39, 0.29) is 0 Å². The number of aromatic nitrogens is 4. The molecule has 0 aliphatic heterocycles. The Morgan fingerprint density at radius 3 is 1.27 bits per heavy atom. The fourth-order valence-electron chi connectivity index (χ4n) is 5.86. The third-order valence-corrected chi connectivity index (χ3v) is 8.07. The molecule has 0 radical (unpaired) electrons. The van der Waals surface area contributed by atoms with Gasteiger partial charge in [0.15, 0.2) is 0 Å². The molecule has 4 heteroatoms. The third kappa shape index (κ3) is 4.95. The van der Waals surface area contributed by atoms with E-state index in [1.807, 2.05) is 0 Å². The fraction of sp³-hybridized carbons (Fsp3) is 0.424. The van der Waals surface area contributed by atoms with Gasteiger partial charge in [0.2, 0.25) is 0 Å². The second-order valence-corrected chi connectivity index (χ2v) is 9.98. The Labute approximate surface area is 221 Å². The highest BCUT2D eigenvalue weighted by atomic mass is 14.7. The molecule has 0 bridgehead atoms. The summed E-state index contributed by atoms with van der Waals surface area (Å²) in [6, 6.07) is 0. The van der Waals surface area contributed by atoms with Gasteiger partial charge in [-0.25, -0.2) is 0 Å². The molecule has 4 nitrogen and oxygen atoms in total. The quantitative estimate of drug-likeness (QED) is 0.280. The van der Waals surface area contributed by atoms with Gasteiger partial charge in [0.25, 0.3) is 0 Å². The molecule has 0 unspecified atom stereocenters. The van der Waals surface area contributed by atoms with Crippen LogP contribution < -0.4 is 21.4 Å². The molecule has 4 aromatic heterocycles. The SMILES string of the molecule is CCc1c[nH]c(C=c2[nH]c(=C=c3[nH]c(=Cc4[nH]cc(CC)c4CC)c(C)c3CC)c(CC)c2C)c1CC. The molecule has 4 rings (SSSR count). The number of aryl methyl sites for hydroxylation is 2. The first-order valence-corrected chi connectivity index (χ1v) is 14.2. The molecule has 0 aliphatic rings. The maximum Gasteiger partial charge on any atom is 0.0874 e. The molecule has 37 heavy (non-hydrogen) atoms. The van der Waals surface area contributed by atoms with Gasteiger partial charge in [0, 0.05) is 34.5 Å². The lowest BCUT2D eigenvalue weighted by molar-refractivity contribution is 1.05. The first-order chi connectivity index (χ1) is 17.9. The van der Waals surface area contributed by atoms with Crippen LogP contribution in [0.4, 0.5) is 0 Å². The molecule has 0 aromatic carbocycles. The topological polar surface area (TPSA) is 63.2 Å². The number of H-pyrrole nitrogens is 4. The second-order valence-electron chi connectivity index (χ2n) is 9.98. The summed E-state index contributed by atoms with van der Waals surface area (Å²) in [5.41, 5.74) is 17.1. The largest absolute Gasteiger partial charge is 0.361 e. The lowest BCUT2D eigenvalue weighted by Crippen LogP contribution is -2.17. The van der Waals surface area contributed by atoms with Crippen molar-refractivity contribution in [2.45, 2.75) is 93.9 Å². The van der Waals surface area contributed by atoms with Gasteiger partial charge < -0.3 is 19.9 Å². The van der Waals surface area contributed by atoms with Crippen molar-refractivity contribution in [2.24, 2.45) is 0 Å². The lowest BCUT2D eigenvalue weighted by atomic mass is 10.1. The van der Waals surface area contributed by atoms with Crippen molar-refractivity contribution in [2.75, 3.05) is 0 Å². The van der Waals surface area contributed by atoms with Crippen LogP contribution in [0.1, 0.15) is 97.4 Å².